The van der Waals surface area contributed by atoms with E-state index in [0.29, 0.717) is 0 Å². The van der Waals surface area contributed by atoms with Crippen molar-refractivity contribution in [1.29, 1.82) is 5.41 Å². The number of hydrogen-bond donors (Lipinski definition) is 2. The third kappa shape index (κ3) is 2.82. The van der Waals surface area contributed by atoms with Crippen molar-refractivity contribution >= 4 is 34.9 Å². The second-order valence-corrected chi connectivity index (χ2v) is 8.63. The zero-order valence-electron chi connectivity index (χ0n) is 15.1. The van der Waals surface area contributed by atoms with Crippen LogP contribution in [0.4, 0.5) is 11.4 Å². The first-order valence-corrected chi connectivity index (χ1v) is 9.46. The van der Waals surface area contributed by atoms with Crippen LogP contribution < -0.4 is 10.2 Å². The Hall–Kier alpha value is -2.53. The van der Waals surface area contributed by atoms with Crippen LogP contribution in [0.25, 0.3) is 0 Å². The van der Waals surface area contributed by atoms with E-state index in [1.54, 1.807) is 11.8 Å². The van der Waals surface area contributed by atoms with Gasteiger partial charge in [0.1, 0.15) is 5.84 Å². The van der Waals surface area contributed by atoms with Crippen LogP contribution in [0, 0.1) is 5.41 Å². The van der Waals surface area contributed by atoms with Gasteiger partial charge in [-0.15, -0.1) is 0 Å². The lowest BCUT2D eigenvalue weighted by molar-refractivity contribution is -0.116. The van der Waals surface area contributed by atoms with Crippen LogP contribution in [-0.4, -0.2) is 11.7 Å². The molecule has 0 saturated carbocycles. The predicted octanol–water partition coefficient (Wildman–Crippen LogP) is 5.13. The molecule has 4 nitrogen and oxygen atoms in total. The lowest BCUT2D eigenvalue weighted by atomic mass is 9.87. The Kier molecular flexibility index (Phi) is 3.92. The summed E-state index contributed by atoms with van der Waals surface area (Å²) >= 11 is 1.59. The smallest absolute Gasteiger partial charge is 0.237 e. The minimum absolute atomic E-state index is 0.0561. The Morgan fingerprint density at radius 1 is 1.08 bits per heavy atom. The number of anilines is 2. The van der Waals surface area contributed by atoms with Gasteiger partial charge in [-0.2, -0.15) is 0 Å². The van der Waals surface area contributed by atoms with E-state index in [4.69, 9.17) is 5.41 Å². The molecule has 2 aromatic rings. The summed E-state index contributed by atoms with van der Waals surface area (Å²) in [4.78, 5) is 15.3. The third-order valence-electron chi connectivity index (χ3n) is 4.70. The largest absolute Gasteiger partial charge is 0.349 e. The number of nitrogens with one attached hydrogen (secondary N) is 2. The molecule has 4 rings (SSSR count). The molecule has 0 aromatic heterocycles. The van der Waals surface area contributed by atoms with Gasteiger partial charge in [0, 0.05) is 10.5 Å². The van der Waals surface area contributed by atoms with Crippen molar-refractivity contribution in [3.8, 4) is 0 Å². The molecule has 1 saturated heterocycles. The van der Waals surface area contributed by atoms with Gasteiger partial charge in [0.05, 0.1) is 22.8 Å². The molecule has 1 fully saturated rings. The molecule has 5 heteroatoms. The van der Waals surface area contributed by atoms with Crippen LogP contribution >= 0.6 is 11.8 Å². The van der Waals surface area contributed by atoms with Crippen molar-refractivity contribution in [2.24, 2.45) is 0 Å². The SMILES string of the molecule is CC(C)(C)c1ccc(N2C(=N)C(=C3Nc4ccccc4S3)CC2=O)cc1. The third-order valence-corrected chi connectivity index (χ3v) is 5.83. The Bertz CT molecular complexity index is 911. The van der Waals surface area contributed by atoms with Crippen LogP contribution in [0.5, 0.6) is 0 Å². The summed E-state index contributed by atoms with van der Waals surface area (Å²) in [5, 5.41) is 12.8. The van der Waals surface area contributed by atoms with Crippen LogP contribution in [0.2, 0.25) is 0 Å². The molecule has 1 amide bonds. The van der Waals surface area contributed by atoms with Gasteiger partial charge in [-0.3, -0.25) is 15.1 Å². The Morgan fingerprint density at radius 2 is 1.77 bits per heavy atom. The fourth-order valence-corrected chi connectivity index (χ4v) is 4.25. The van der Waals surface area contributed by atoms with Crippen molar-refractivity contribution < 1.29 is 4.79 Å². The van der Waals surface area contributed by atoms with Gasteiger partial charge in [0.15, 0.2) is 0 Å². The number of para-hydroxylation sites is 1. The highest BCUT2D eigenvalue weighted by atomic mass is 32.2. The number of fused-ring (bicyclic) bond motifs is 1. The normalized spacial score (nSPS) is 19.7. The molecule has 0 bridgehead atoms. The molecule has 2 N–H and O–H groups in total. The number of thioether (sulfide) groups is 1. The van der Waals surface area contributed by atoms with Crippen molar-refractivity contribution in [3.05, 3.63) is 64.7 Å². The minimum atomic E-state index is -0.0561. The summed E-state index contributed by atoms with van der Waals surface area (Å²) in [6.07, 6.45) is 0.253. The molecule has 2 aromatic carbocycles. The van der Waals surface area contributed by atoms with Gasteiger partial charge in [0.25, 0.3) is 0 Å². The minimum Gasteiger partial charge on any atom is -0.349 e. The van der Waals surface area contributed by atoms with Crippen molar-refractivity contribution in [1.82, 2.24) is 0 Å². The van der Waals surface area contributed by atoms with Gasteiger partial charge < -0.3 is 5.32 Å². The number of benzene rings is 2. The first kappa shape index (κ1) is 16.9. The second-order valence-electron chi connectivity index (χ2n) is 7.58. The maximum Gasteiger partial charge on any atom is 0.237 e. The summed E-state index contributed by atoms with van der Waals surface area (Å²) in [5.41, 5.74) is 3.82. The van der Waals surface area contributed by atoms with E-state index >= 15 is 0 Å². The zero-order valence-corrected chi connectivity index (χ0v) is 15.9. The van der Waals surface area contributed by atoms with E-state index in [2.05, 4.69) is 26.1 Å². The molecule has 2 heterocycles. The van der Waals surface area contributed by atoms with E-state index in [9.17, 15) is 4.79 Å². The highest BCUT2D eigenvalue weighted by Gasteiger charge is 2.36. The number of carbonyl (C=O) groups is 1. The second kappa shape index (κ2) is 6.02. The number of nitrogens with zero attached hydrogens (tertiary/aromatic N) is 1. The summed E-state index contributed by atoms with van der Waals surface area (Å²) in [7, 11) is 0. The lowest BCUT2D eigenvalue weighted by Gasteiger charge is -2.21. The van der Waals surface area contributed by atoms with Gasteiger partial charge in [-0.25, -0.2) is 0 Å². The predicted molar refractivity (Wildman–Crippen MR) is 108 cm³/mol. The molecule has 0 aliphatic carbocycles. The molecule has 0 unspecified atom stereocenters. The van der Waals surface area contributed by atoms with Gasteiger partial charge in [0.2, 0.25) is 5.91 Å². The van der Waals surface area contributed by atoms with E-state index in [-0.39, 0.29) is 23.6 Å². The summed E-state index contributed by atoms with van der Waals surface area (Å²) in [6, 6.07) is 16.0. The number of amides is 1. The highest BCUT2D eigenvalue weighted by molar-refractivity contribution is 8.03. The molecule has 0 atom stereocenters. The standard InChI is InChI=1S/C21H21N3OS/c1-21(2,3)13-8-10-14(11-9-13)24-18(25)12-15(19(24)22)20-23-16-6-4-5-7-17(16)26-20/h4-11,22-23H,12H2,1-3H3. The van der Waals surface area contributed by atoms with Crippen molar-refractivity contribution in [3.63, 3.8) is 0 Å². The average Bonchev–Trinajstić information content (AvgIpc) is 3.15. The number of hydrogen-bond acceptors (Lipinski definition) is 4. The molecule has 0 spiro atoms. The Balaban J connectivity index is 1.64. The zero-order chi connectivity index (χ0) is 18.5. The van der Waals surface area contributed by atoms with Gasteiger partial charge >= 0.3 is 0 Å². The van der Waals surface area contributed by atoms with Gasteiger partial charge in [-0.05, 0) is 35.2 Å². The van der Waals surface area contributed by atoms with Gasteiger partial charge in [-0.1, -0.05) is 56.8 Å². The summed E-state index contributed by atoms with van der Waals surface area (Å²) < 4.78 is 0. The van der Waals surface area contributed by atoms with Crippen LogP contribution in [0.15, 0.2) is 64.0 Å². The maximum absolute atomic E-state index is 12.6. The van der Waals surface area contributed by atoms with Crippen LogP contribution in [0.3, 0.4) is 0 Å². The van der Waals surface area contributed by atoms with E-state index in [0.717, 1.165) is 26.9 Å². The van der Waals surface area contributed by atoms with Crippen LogP contribution in [-0.2, 0) is 10.2 Å². The first-order chi connectivity index (χ1) is 12.3. The van der Waals surface area contributed by atoms with Crippen LogP contribution in [0.1, 0.15) is 32.8 Å². The molecular weight excluding hydrogens is 342 g/mol. The highest BCUT2D eigenvalue weighted by Crippen LogP contribution is 2.44. The van der Waals surface area contributed by atoms with E-state index in [1.807, 2.05) is 48.5 Å². The summed E-state index contributed by atoms with van der Waals surface area (Å²) in [5.74, 6) is 0.209. The Morgan fingerprint density at radius 3 is 2.42 bits per heavy atom. The molecular formula is C21H21N3OS. The summed E-state index contributed by atoms with van der Waals surface area (Å²) in [6.45, 7) is 6.48. The lowest BCUT2D eigenvalue weighted by Crippen LogP contribution is -2.28. The fourth-order valence-electron chi connectivity index (χ4n) is 3.20. The fraction of sp³-hybridized carbons (Fsp3) is 0.238. The first-order valence-electron chi connectivity index (χ1n) is 8.64. The van der Waals surface area contributed by atoms with E-state index < -0.39 is 0 Å². The van der Waals surface area contributed by atoms with E-state index in [1.165, 1.54) is 10.5 Å². The molecule has 0 radical (unpaired) electrons. The average molecular weight is 363 g/mol. The maximum atomic E-state index is 12.6. The monoisotopic (exact) mass is 363 g/mol. The number of amidine groups is 1. The topological polar surface area (TPSA) is 56.2 Å². The molecule has 26 heavy (non-hydrogen) atoms. The van der Waals surface area contributed by atoms with Crippen molar-refractivity contribution in [2.45, 2.75) is 37.5 Å². The quantitative estimate of drug-likeness (QED) is 0.739. The molecule has 2 aliphatic rings. The number of carbonyl (C=O) groups excluding carboxylic acids is 1. The van der Waals surface area contributed by atoms with Crippen molar-refractivity contribution in [2.75, 3.05) is 10.2 Å². The molecule has 132 valence electrons. The Labute approximate surface area is 157 Å². The number of rotatable bonds is 1. The molecule has 2 aliphatic heterocycles.